The Hall–Kier alpha value is -6.58. The first-order valence-electron chi connectivity index (χ1n) is 17.2. The van der Waals surface area contributed by atoms with Gasteiger partial charge in [0.25, 0.3) is 0 Å². The fourth-order valence-electron chi connectivity index (χ4n) is 5.70. The lowest BCUT2D eigenvalue weighted by Crippen LogP contribution is -2.16. The molecule has 6 aromatic rings. The Labute approximate surface area is 309 Å². The van der Waals surface area contributed by atoms with Crippen molar-refractivity contribution in [3.63, 3.8) is 0 Å². The third-order valence-corrected chi connectivity index (χ3v) is 8.22. The largest absolute Gasteiger partial charge is 0.513 e. The second-order valence-corrected chi connectivity index (χ2v) is 11.8. The van der Waals surface area contributed by atoms with E-state index in [0.29, 0.717) is 5.75 Å². The number of anilines is 6. The zero-order valence-electron chi connectivity index (χ0n) is 29.6. The van der Waals surface area contributed by atoms with Gasteiger partial charge in [-0.05, 0) is 108 Å². The molecule has 0 heterocycles. The minimum Gasteiger partial charge on any atom is -0.497 e. The van der Waals surface area contributed by atoms with Gasteiger partial charge in [0.05, 0.1) is 20.3 Å². The van der Waals surface area contributed by atoms with Crippen LogP contribution in [0.2, 0.25) is 0 Å². The minimum absolute atomic E-state index is 0.00867. The summed E-state index contributed by atoms with van der Waals surface area (Å²) in [5.41, 5.74) is 8.14. The predicted octanol–water partition coefficient (Wildman–Crippen LogP) is 10.4. The summed E-state index contributed by atoms with van der Waals surface area (Å²) in [6.45, 7) is 1.85. The van der Waals surface area contributed by atoms with Crippen molar-refractivity contribution in [3.8, 4) is 22.6 Å². The van der Waals surface area contributed by atoms with E-state index in [4.69, 9.17) is 23.7 Å². The van der Waals surface area contributed by atoms with Gasteiger partial charge in [0, 0.05) is 41.0 Å². The highest BCUT2D eigenvalue weighted by atomic mass is 16.7. The molecule has 6 aromatic carbocycles. The van der Waals surface area contributed by atoms with Crippen molar-refractivity contribution >= 4 is 46.2 Å². The van der Waals surface area contributed by atoms with E-state index in [1.807, 2.05) is 72.8 Å². The molecule has 0 fully saturated rings. The van der Waals surface area contributed by atoms with Gasteiger partial charge in [0.2, 0.25) is 0 Å². The SMILES string of the molecule is COc1ccc(N(c2ccccc2)c2ccc(-c3ccc(N(c4ccccc4)c4ccc(OC(=O)OCCOCCOC(C)=O)cc4)cc3)cc2)cc1. The summed E-state index contributed by atoms with van der Waals surface area (Å²) in [5.74, 6) is 0.781. The van der Waals surface area contributed by atoms with Gasteiger partial charge in [-0.15, -0.1) is 0 Å². The molecule has 0 bridgehead atoms. The van der Waals surface area contributed by atoms with E-state index in [0.717, 1.165) is 51.0 Å². The lowest BCUT2D eigenvalue weighted by atomic mass is 10.0. The van der Waals surface area contributed by atoms with Crippen LogP contribution in [0.3, 0.4) is 0 Å². The van der Waals surface area contributed by atoms with Crippen molar-refractivity contribution in [1.29, 1.82) is 0 Å². The quantitative estimate of drug-likeness (QED) is 0.0588. The Morgan fingerprint density at radius 3 is 1.25 bits per heavy atom. The van der Waals surface area contributed by atoms with Gasteiger partial charge in [-0.2, -0.15) is 0 Å². The Morgan fingerprint density at radius 1 is 0.453 bits per heavy atom. The molecule has 6 rings (SSSR count). The number of para-hydroxylation sites is 2. The van der Waals surface area contributed by atoms with Gasteiger partial charge in [-0.1, -0.05) is 60.7 Å². The number of hydrogen-bond donors (Lipinski definition) is 0. The normalized spacial score (nSPS) is 10.6. The summed E-state index contributed by atoms with van der Waals surface area (Å²) in [4.78, 5) is 27.4. The lowest BCUT2D eigenvalue weighted by Gasteiger charge is -2.26. The van der Waals surface area contributed by atoms with E-state index in [1.54, 1.807) is 19.2 Å². The molecule has 0 unspecified atom stereocenters. The molecule has 9 heteroatoms. The molecule has 0 N–H and O–H groups in total. The average molecular weight is 709 g/mol. The van der Waals surface area contributed by atoms with Crippen LogP contribution < -0.4 is 19.3 Å². The summed E-state index contributed by atoms with van der Waals surface area (Å²) in [7, 11) is 1.67. The number of carbonyl (C=O) groups is 2. The van der Waals surface area contributed by atoms with E-state index in [-0.39, 0.29) is 32.4 Å². The molecular formula is C44H40N2O7. The number of ether oxygens (including phenoxy) is 5. The van der Waals surface area contributed by atoms with E-state index in [2.05, 4.69) is 82.6 Å². The van der Waals surface area contributed by atoms with Gasteiger partial charge in [0.1, 0.15) is 24.7 Å². The molecule has 0 saturated heterocycles. The molecule has 0 aliphatic carbocycles. The lowest BCUT2D eigenvalue weighted by molar-refractivity contribution is -0.142. The summed E-state index contributed by atoms with van der Waals surface area (Å²) in [6, 6.07) is 52.6. The predicted molar refractivity (Wildman–Crippen MR) is 207 cm³/mol. The molecule has 0 aliphatic heterocycles. The van der Waals surface area contributed by atoms with Crippen LogP contribution in [0.1, 0.15) is 6.92 Å². The maximum atomic E-state index is 12.2. The molecule has 9 nitrogen and oxygen atoms in total. The topological polar surface area (TPSA) is 86.8 Å². The van der Waals surface area contributed by atoms with Gasteiger partial charge < -0.3 is 33.5 Å². The first-order chi connectivity index (χ1) is 26.0. The van der Waals surface area contributed by atoms with Crippen LogP contribution in [0.15, 0.2) is 158 Å². The monoisotopic (exact) mass is 708 g/mol. The second-order valence-electron chi connectivity index (χ2n) is 11.8. The van der Waals surface area contributed by atoms with E-state index in [1.165, 1.54) is 6.92 Å². The van der Waals surface area contributed by atoms with E-state index in [9.17, 15) is 9.59 Å². The average Bonchev–Trinajstić information content (AvgIpc) is 3.20. The molecule has 0 spiro atoms. The van der Waals surface area contributed by atoms with Crippen molar-refractivity contribution in [2.24, 2.45) is 0 Å². The van der Waals surface area contributed by atoms with Crippen molar-refractivity contribution in [2.75, 3.05) is 43.3 Å². The first-order valence-corrected chi connectivity index (χ1v) is 17.2. The minimum atomic E-state index is -0.835. The molecule has 53 heavy (non-hydrogen) atoms. The van der Waals surface area contributed by atoms with Gasteiger partial charge in [-0.3, -0.25) is 4.79 Å². The van der Waals surface area contributed by atoms with Crippen LogP contribution in [0.25, 0.3) is 11.1 Å². The highest BCUT2D eigenvalue weighted by Gasteiger charge is 2.15. The fraction of sp³-hybridized carbons (Fsp3) is 0.136. The number of rotatable bonds is 15. The third kappa shape index (κ3) is 9.81. The molecule has 0 amide bonds. The third-order valence-electron chi connectivity index (χ3n) is 8.22. The van der Waals surface area contributed by atoms with Crippen molar-refractivity contribution in [2.45, 2.75) is 6.92 Å². The highest BCUT2D eigenvalue weighted by Crippen LogP contribution is 2.38. The number of hydrogen-bond acceptors (Lipinski definition) is 9. The molecule has 268 valence electrons. The van der Waals surface area contributed by atoms with Crippen LogP contribution in [-0.4, -0.2) is 45.7 Å². The number of benzene rings is 6. The van der Waals surface area contributed by atoms with E-state index < -0.39 is 6.16 Å². The van der Waals surface area contributed by atoms with Crippen LogP contribution in [0, 0.1) is 0 Å². The van der Waals surface area contributed by atoms with Crippen molar-refractivity contribution in [1.82, 2.24) is 0 Å². The maximum Gasteiger partial charge on any atom is 0.513 e. The van der Waals surface area contributed by atoms with Crippen molar-refractivity contribution < 1.29 is 33.3 Å². The first kappa shape index (κ1) is 36.2. The molecule has 0 radical (unpaired) electrons. The van der Waals surface area contributed by atoms with Gasteiger partial charge in [-0.25, -0.2) is 4.79 Å². The van der Waals surface area contributed by atoms with Crippen LogP contribution in [-0.2, 0) is 19.0 Å². The number of methoxy groups -OCH3 is 1. The smallest absolute Gasteiger partial charge is 0.497 e. The summed E-state index contributed by atoms with van der Waals surface area (Å²) < 4.78 is 25.9. The molecular weight excluding hydrogens is 668 g/mol. The van der Waals surface area contributed by atoms with Gasteiger partial charge >= 0.3 is 12.1 Å². The van der Waals surface area contributed by atoms with Gasteiger partial charge in [0.15, 0.2) is 0 Å². The zero-order valence-corrected chi connectivity index (χ0v) is 29.6. The summed E-state index contributed by atoms with van der Waals surface area (Å²) >= 11 is 0. The summed E-state index contributed by atoms with van der Waals surface area (Å²) in [5, 5.41) is 0. The highest BCUT2D eigenvalue weighted by molar-refractivity contribution is 5.81. The molecule has 0 atom stereocenters. The van der Waals surface area contributed by atoms with Crippen LogP contribution in [0.5, 0.6) is 11.5 Å². The Balaban J connectivity index is 1.15. The number of carbonyl (C=O) groups excluding carboxylic acids is 2. The maximum absolute atomic E-state index is 12.2. The van der Waals surface area contributed by atoms with Crippen LogP contribution in [0.4, 0.5) is 38.9 Å². The van der Waals surface area contributed by atoms with Crippen LogP contribution >= 0.6 is 0 Å². The van der Waals surface area contributed by atoms with E-state index >= 15 is 0 Å². The number of nitrogens with zero attached hydrogens (tertiary/aromatic N) is 2. The zero-order chi connectivity index (χ0) is 36.8. The molecule has 0 aliphatic rings. The molecule has 0 saturated carbocycles. The Bertz CT molecular complexity index is 2040. The number of esters is 1. The second kappa shape index (κ2) is 18.1. The summed E-state index contributed by atoms with van der Waals surface area (Å²) in [6.07, 6.45) is -0.835. The standard InChI is InChI=1S/C44H40N2O7/c1-33(47)51-31-29-50-30-32-52-44(48)53-43-27-23-41(24-28-43)46(37-11-7-4-8-12-37)39-19-15-35(16-20-39)34-13-17-38(18-14-34)45(36-9-5-3-6-10-36)40-21-25-42(49-2)26-22-40/h3-28H,29-32H2,1-2H3. The Morgan fingerprint density at radius 2 is 0.830 bits per heavy atom. The Kier molecular flexibility index (Phi) is 12.4. The molecule has 0 aromatic heterocycles. The van der Waals surface area contributed by atoms with Crippen molar-refractivity contribution in [3.05, 3.63) is 158 Å². The fourth-order valence-corrected chi connectivity index (χ4v) is 5.70.